The molecule has 1 atom stereocenters. The number of hydrogen-bond acceptors (Lipinski definition) is 3. The summed E-state index contributed by atoms with van der Waals surface area (Å²) in [5, 5.41) is 6.96. The molecule has 150 valence electrons. The molecule has 27 heavy (non-hydrogen) atoms. The summed E-state index contributed by atoms with van der Waals surface area (Å²) in [5.41, 5.74) is 0. The van der Waals surface area contributed by atoms with Crippen LogP contribution in [0.15, 0.2) is 27.8 Å². The van der Waals surface area contributed by atoms with Crippen molar-refractivity contribution in [1.82, 2.24) is 15.5 Å². The summed E-state index contributed by atoms with van der Waals surface area (Å²) in [6.45, 7) is 5.44. The molecule has 0 radical (unpaired) electrons. The highest BCUT2D eigenvalue weighted by molar-refractivity contribution is 5.81. The van der Waals surface area contributed by atoms with E-state index < -0.39 is 0 Å². The van der Waals surface area contributed by atoms with Crippen molar-refractivity contribution in [3.8, 4) is 0 Å². The van der Waals surface area contributed by atoms with Gasteiger partial charge in [-0.3, -0.25) is 9.79 Å². The van der Waals surface area contributed by atoms with Crippen molar-refractivity contribution in [1.29, 1.82) is 0 Å². The molecule has 6 heteroatoms. The third-order valence-electron chi connectivity index (χ3n) is 5.57. The van der Waals surface area contributed by atoms with Crippen molar-refractivity contribution < 1.29 is 9.21 Å². The molecule has 1 aliphatic carbocycles. The number of rotatable bonds is 8. The first-order valence-corrected chi connectivity index (χ1v) is 10.6. The van der Waals surface area contributed by atoms with Crippen molar-refractivity contribution in [3.05, 3.63) is 24.2 Å². The number of carbonyl (C=O) groups excluding carboxylic acids is 1. The lowest BCUT2D eigenvalue weighted by Crippen LogP contribution is -2.46. The minimum atomic E-state index is 0.271. The molecule has 3 rings (SSSR count). The lowest BCUT2D eigenvalue weighted by Gasteiger charge is -2.21. The molecule has 1 aromatic rings. The minimum absolute atomic E-state index is 0.271. The van der Waals surface area contributed by atoms with E-state index in [1.54, 1.807) is 6.26 Å². The summed E-state index contributed by atoms with van der Waals surface area (Å²) in [6, 6.07) is 4.19. The maximum atomic E-state index is 12.6. The average molecular weight is 375 g/mol. The lowest BCUT2D eigenvalue weighted by molar-refractivity contribution is -0.134. The maximum Gasteiger partial charge on any atom is 0.225 e. The number of furan rings is 1. The Morgan fingerprint density at radius 3 is 2.93 bits per heavy atom. The van der Waals surface area contributed by atoms with Gasteiger partial charge in [-0.2, -0.15) is 0 Å². The molecule has 2 fully saturated rings. The second-order valence-electron chi connectivity index (χ2n) is 7.74. The van der Waals surface area contributed by atoms with Gasteiger partial charge in [-0.15, -0.1) is 0 Å². The topological polar surface area (TPSA) is 69.9 Å². The Labute approximate surface area is 162 Å². The van der Waals surface area contributed by atoms with Gasteiger partial charge >= 0.3 is 0 Å². The molecule has 1 amide bonds. The second kappa shape index (κ2) is 10.4. The molecule has 2 N–H and O–H groups in total. The molecule has 0 aromatic carbocycles. The Morgan fingerprint density at radius 2 is 2.19 bits per heavy atom. The predicted octanol–water partition coefficient (Wildman–Crippen LogP) is 2.95. The van der Waals surface area contributed by atoms with E-state index >= 15 is 0 Å². The molecule has 0 spiro atoms. The number of unbranched alkanes of at least 4 members (excludes halogenated alkanes) is 1. The van der Waals surface area contributed by atoms with Crippen molar-refractivity contribution in [2.75, 3.05) is 26.2 Å². The zero-order valence-electron chi connectivity index (χ0n) is 16.6. The Morgan fingerprint density at radius 1 is 1.33 bits per heavy atom. The van der Waals surface area contributed by atoms with Crippen LogP contribution in [-0.4, -0.2) is 49.0 Å². The van der Waals surface area contributed by atoms with E-state index in [-0.39, 0.29) is 12.0 Å². The Balaban J connectivity index is 1.47. The van der Waals surface area contributed by atoms with Gasteiger partial charge in [0.15, 0.2) is 5.96 Å². The van der Waals surface area contributed by atoms with Gasteiger partial charge < -0.3 is 20.0 Å². The first-order valence-electron chi connectivity index (χ1n) is 10.6. The molecule has 1 aromatic heterocycles. The van der Waals surface area contributed by atoms with E-state index in [4.69, 9.17) is 9.41 Å². The molecule has 1 saturated heterocycles. The van der Waals surface area contributed by atoms with E-state index in [2.05, 4.69) is 22.5 Å². The fraction of sp³-hybridized carbons (Fsp3) is 0.714. The highest BCUT2D eigenvalue weighted by atomic mass is 16.3. The summed E-state index contributed by atoms with van der Waals surface area (Å²) >= 11 is 0. The van der Waals surface area contributed by atoms with E-state index in [0.717, 1.165) is 76.4 Å². The largest absolute Gasteiger partial charge is 0.469 e. The van der Waals surface area contributed by atoms with Crippen LogP contribution in [-0.2, 0) is 11.2 Å². The fourth-order valence-electron chi connectivity index (χ4n) is 3.96. The zero-order valence-corrected chi connectivity index (χ0v) is 16.6. The third kappa shape index (κ3) is 6.01. The molecule has 0 bridgehead atoms. The van der Waals surface area contributed by atoms with Crippen molar-refractivity contribution in [2.45, 2.75) is 64.3 Å². The van der Waals surface area contributed by atoms with Crippen LogP contribution in [0.1, 0.15) is 57.6 Å². The van der Waals surface area contributed by atoms with Crippen LogP contribution in [0.3, 0.4) is 0 Å². The van der Waals surface area contributed by atoms with Crippen LogP contribution < -0.4 is 10.6 Å². The van der Waals surface area contributed by atoms with E-state index in [9.17, 15) is 4.79 Å². The van der Waals surface area contributed by atoms with Gasteiger partial charge in [0.25, 0.3) is 0 Å². The minimum Gasteiger partial charge on any atom is -0.469 e. The van der Waals surface area contributed by atoms with Crippen LogP contribution in [0.4, 0.5) is 0 Å². The van der Waals surface area contributed by atoms with Gasteiger partial charge in [0.1, 0.15) is 5.76 Å². The SMILES string of the molecule is CCCCN=C(NCCc1ccco1)NC1CCN(C(=O)C2CCCC2)C1. The van der Waals surface area contributed by atoms with Crippen LogP contribution in [0.5, 0.6) is 0 Å². The number of hydrogen-bond donors (Lipinski definition) is 2. The molecule has 2 heterocycles. The number of guanidine groups is 1. The number of aliphatic imine (C=N–C) groups is 1. The van der Waals surface area contributed by atoms with E-state index in [1.165, 1.54) is 12.8 Å². The standard InChI is InChI=1S/C21H34N4O2/c1-2-3-12-22-21(23-13-10-19-9-6-15-27-19)24-18-11-14-25(16-18)20(26)17-7-4-5-8-17/h6,9,15,17-18H,2-5,7-8,10-14,16H2,1H3,(H2,22,23,24). The highest BCUT2D eigenvalue weighted by Crippen LogP contribution is 2.27. The second-order valence-corrected chi connectivity index (χ2v) is 7.74. The highest BCUT2D eigenvalue weighted by Gasteiger charge is 2.32. The van der Waals surface area contributed by atoms with E-state index in [0.29, 0.717) is 5.91 Å². The van der Waals surface area contributed by atoms with Gasteiger partial charge in [-0.05, 0) is 37.8 Å². The van der Waals surface area contributed by atoms with Crippen LogP contribution in [0.2, 0.25) is 0 Å². The summed E-state index contributed by atoms with van der Waals surface area (Å²) in [7, 11) is 0. The van der Waals surface area contributed by atoms with Crippen LogP contribution in [0, 0.1) is 5.92 Å². The van der Waals surface area contributed by atoms with Crippen molar-refractivity contribution in [2.24, 2.45) is 10.9 Å². The quantitative estimate of drug-likeness (QED) is 0.417. The number of amides is 1. The predicted molar refractivity (Wildman–Crippen MR) is 108 cm³/mol. The third-order valence-corrected chi connectivity index (χ3v) is 5.57. The number of nitrogens with one attached hydrogen (secondary N) is 2. The number of likely N-dealkylation sites (tertiary alicyclic amines) is 1. The first kappa shape index (κ1) is 19.8. The molecular weight excluding hydrogens is 340 g/mol. The normalized spacial score (nSPS) is 21.0. The van der Waals surface area contributed by atoms with Crippen LogP contribution >= 0.6 is 0 Å². The fourth-order valence-corrected chi connectivity index (χ4v) is 3.96. The Hall–Kier alpha value is -1.98. The molecule has 6 nitrogen and oxygen atoms in total. The summed E-state index contributed by atoms with van der Waals surface area (Å²) < 4.78 is 5.39. The summed E-state index contributed by atoms with van der Waals surface area (Å²) in [4.78, 5) is 19.4. The molecule has 1 aliphatic heterocycles. The van der Waals surface area contributed by atoms with E-state index in [1.807, 2.05) is 12.1 Å². The number of carbonyl (C=O) groups is 1. The molecule has 2 aliphatic rings. The van der Waals surface area contributed by atoms with Crippen molar-refractivity contribution in [3.63, 3.8) is 0 Å². The molecule has 1 saturated carbocycles. The Kier molecular flexibility index (Phi) is 7.60. The first-order chi connectivity index (χ1) is 13.3. The van der Waals surface area contributed by atoms with Gasteiger partial charge in [0.2, 0.25) is 5.91 Å². The maximum absolute atomic E-state index is 12.6. The lowest BCUT2D eigenvalue weighted by atomic mass is 10.1. The van der Waals surface area contributed by atoms with Gasteiger partial charge in [-0.1, -0.05) is 26.2 Å². The number of nitrogens with zero attached hydrogens (tertiary/aromatic N) is 2. The van der Waals surface area contributed by atoms with Gasteiger partial charge in [-0.25, -0.2) is 0 Å². The van der Waals surface area contributed by atoms with Crippen molar-refractivity contribution >= 4 is 11.9 Å². The summed E-state index contributed by atoms with van der Waals surface area (Å²) in [6.07, 6.45) is 10.3. The molecular formula is C21H34N4O2. The van der Waals surface area contributed by atoms with Crippen LogP contribution in [0.25, 0.3) is 0 Å². The zero-order chi connectivity index (χ0) is 18.9. The Bertz CT molecular complexity index is 593. The smallest absolute Gasteiger partial charge is 0.225 e. The summed E-state index contributed by atoms with van der Waals surface area (Å²) in [5.74, 6) is 2.47. The van der Waals surface area contributed by atoms with Gasteiger partial charge in [0.05, 0.1) is 6.26 Å². The van der Waals surface area contributed by atoms with Gasteiger partial charge in [0, 0.05) is 44.6 Å². The average Bonchev–Trinajstić information content (AvgIpc) is 3.43. The monoisotopic (exact) mass is 374 g/mol. The molecule has 1 unspecified atom stereocenters.